The second kappa shape index (κ2) is 7.04. The van der Waals surface area contributed by atoms with E-state index >= 15 is 0 Å². The van der Waals surface area contributed by atoms with Crippen molar-refractivity contribution in [2.75, 3.05) is 0 Å². The van der Waals surface area contributed by atoms with Gasteiger partial charge in [-0.2, -0.15) is 0 Å². The highest BCUT2D eigenvalue weighted by molar-refractivity contribution is 5.69. The van der Waals surface area contributed by atoms with E-state index in [-0.39, 0.29) is 12.0 Å². The third-order valence-corrected chi connectivity index (χ3v) is 3.69. The number of carboxylic acids is 1. The van der Waals surface area contributed by atoms with Crippen molar-refractivity contribution in [1.82, 2.24) is 0 Å². The molecule has 2 atom stereocenters. The highest BCUT2D eigenvalue weighted by Gasteiger charge is 2.18. The first-order valence-corrected chi connectivity index (χ1v) is 7.26. The van der Waals surface area contributed by atoms with E-state index in [0.29, 0.717) is 6.42 Å². The second-order valence-electron chi connectivity index (χ2n) is 5.61. The zero-order valence-electron chi connectivity index (χ0n) is 12.3. The van der Waals surface area contributed by atoms with Crippen molar-refractivity contribution in [3.8, 4) is 11.1 Å². The van der Waals surface area contributed by atoms with Crippen molar-refractivity contribution in [2.24, 2.45) is 5.92 Å². The maximum atomic E-state index is 10.9. The van der Waals surface area contributed by atoms with Gasteiger partial charge in [-0.15, -0.1) is 0 Å². The fourth-order valence-electron chi connectivity index (χ4n) is 2.48. The summed E-state index contributed by atoms with van der Waals surface area (Å²) >= 11 is 0. The van der Waals surface area contributed by atoms with Crippen molar-refractivity contribution in [3.63, 3.8) is 0 Å². The van der Waals surface area contributed by atoms with Crippen molar-refractivity contribution in [1.29, 1.82) is 0 Å². The lowest BCUT2D eigenvalue weighted by Gasteiger charge is -2.12. The number of quaternary nitrogens is 1. The molecule has 0 fully saturated rings. The Kier molecular flexibility index (Phi) is 5.12. The lowest BCUT2D eigenvalue weighted by atomic mass is 9.96. The summed E-state index contributed by atoms with van der Waals surface area (Å²) in [5, 5.41) is 8.93. The van der Waals surface area contributed by atoms with E-state index in [1.165, 1.54) is 16.7 Å². The standard InChI is InChI=1S/C18H21NO2/c1-13(18(20)21)11-17(19)12-14-7-9-16(10-8-14)15-5-3-2-4-6-15/h2-10,13,17H,11-12,19H2,1H3,(H,20,21)/p+1/t13-,17+/m1/s1. The Morgan fingerprint density at radius 2 is 1.62 bits per heavy atom. The van der Waals surface area contributed by atoms with Gasteiger partial charge in [0, 0.05) is 12.8 Å². The molecule has 2 aromatic rings. The van der Waals surface area contributed by atoms with Crippen molar-refractivity contribution < 1.29 is 15.6 Å². The molecule has 0 saturated heterocycles. The third-order valence-electron chi connectivity index (χ3n) is 3.69. The van der Waals surface area contributed by atoms with Crippen LogP contribution >= 0.6 is 0 Å². The molecule has 0 saturated carbocycles. The molecule has 0 heterocycles. The van der Waals surface area contributed by atoms with Crippen LogP contribution in [0.2, 0.25) is 0 Å². The summed E-state index contributed by atoms with van der Waals surface area (Å²) in [5.74, 6) is -1.08. The molecule has 0 unspecified atom stereocenters. The molecule has 0 aromatic heterocycles. The summed E-state index contributed by atoms with van der Waals surface area (Å²) in [6, 6.07) is 18.8. The summed E-state index contributed by atoms with van der Waals surface area (Å²) in [6.45, 7) is 1.74. The molecule has 0 aliphatic heterocycles. The van der Waals surface area contributed by atoms with Crippen LogP contribution in [0.1, 0.15) is 18.9 Å². The van der Waals surface area contributed by atoms with Gasteiger partial charge >= 0.3 is 5.97 Å². The maximum Gasteiger partial charge on any atom is 0.306 e. The van der Waals surface area contributed by atoms with E-state index < -0.39 is 5.97 Å². The molecule has 0 aliphatic carbocycles. The molecule has 3 heteroatoms. The average Bonchev–Trinajstić information content (AvgIpc) is 2.48. The lowest BCUT2D eigenvalue weighted by Crippen LogP contribution is -2.62. The maximum absolute atomic E-state index is 10.9. The van der Waals surface area contributed by atoms with Gasteiger partial charge in [0.1, 0.15) is 0 Å². The summed E-state index contributed by atoms with van der Waals surface area (Å²) in [6.07, 6.45) is 1.42. The molecule has 0 radical (unpaired) electrons. The van der Waals surface area contributed by atoms with Gasteiger partial charge in [0.2, 0.25) is 0 Å². The van der Waals surface area contributed by atoms with E-state index in [0.717, 1.165) is 6.42 Å². The predicted octanol–water partition coefficient (Wildman–Crippen LogP) is 2.62. The van der Waals surface area contributed by atoms with Gasteiger partial charge in [0.15, 0.2) is 0 Å². The van der Waals surface area contributed by atoms with Gasteiger partial charge in [0.05, 0.1) is 12.0 Å². The minimum atomic E-state index is -0.747. The summed E-state index contributed by atoms with van der Waals surface area (Å²) in [7, 11) is 0. The zero-order valence-corrected chi connectivity index (χ0v) is 12.3. The Morgan fingerprint density at radius 3 is 2.19 bits per heavy atom. The van der Waals surface area contributed by atoms with Crippen LogP contribution in [-0.4, -0.2) is 17.1 Å². The lowest BCUT2D eigenvalue weighted by molar-refractivity contribution is -0.422. The Hall–Kier alpha value is -2.13. The van der Waals surface area contributed by atoms with Crippen LogP contribution in [0.3, 0.4) is 0 Å². The number of hydrogen-bond donors (Lipinski definition) is 2. The Morgan fingerprint density at radius 1 is 1.05 bits per heavy atom. The Balaban J connectivity index is 1.98. The fraction of sp³-hybridized carbons (Fsp3) is 0.278. The fourth-order valence-corrected chi connectivity index (χ4v) is 2.48. The SMILES string of the molecule is C[C@H](C[C@H]([NH3+])Cc1ccc(-c2ccccc2)cc1)C(=O)O. The smallest absolute Gasteiger partial charge is 0.306 e. The number of carbonyl (C=O) groups is 1. The summed E-state index contributed by atoms with van der Waals surface area (Å²) in [5.41, 5.74) is 7.67. The van der Waals surface area contributed by atoms with Gasteiger partial charge in [-0.25, -0.2) is 0 Å². The molecule has 2 rings (SSSR count). The minimum Gasteiger partial charge on any atom is -0.481 e. The molecular weight excluding hydrogens is 262 g/mol. The van der Waals surface area contributed by atoms with Crippen LogP contribution in [0.15, 0.2) is 54.6 Å². The molecule has 21 heavy (non-hydrogen) atoms. The van der Waals surface area contributed by atoms with Crippen LogP contribution in [0.25, 0.3) is 11.1 Å². The van der Waals surface area contributed by atoms with Crippen molar-refractivity contribution >= 4 is 5.97 Å². The van der Waals surface area contributed by atoms with E-state index in [1.54, 1.807) is 6.92 Å². The molecule has 0 bridgehead atoms. The number of rotatable bonds is 6. The van der Waals surface area contributed by atoms with Crippen molar-refractivity contribution in [3.05, 3.63) is 60.2 Å². The van der Waals surface area contributed by atoms with E-state index in [9.17, 15) is 4.79 Å². The molecule has 0 spiro atoms. The third kappa shape index (κ3) is 4.43. The van der Waals surface area contributed by atoms with E-state index in [1.807, 2.05) is 18.2 Å². The molecule has 2 aromatic carbocycles. The topological polar surface area (TPSA) is 64.9 Å². The molecule has 0 aliphatic rings. The Labute approximate surface area is 125 Å². The Bertz CT molecular complexity index is 578. The van der Waals surface area contributed by atoms with E-state index in [2.05, 4.69) is 42.1 Å². The molecule has 0 amide bonds. The first-order valence-electron chi connectivity index (χ1n) is 7.26. The molecular formula is C18H22NO2+. The first kappa shape index (κ1) is 15.3. The summed E-state index contributed by atoms with van der Waals surface area (Å²) in [4.78, 5) is 10.9. The highest BCUT2D eigenvalue weighted by Crippen LogP contribution is 2.20. The first-order chi connectivity index (χ1) is 10.1. The molecule has 3 nitrogen and oxygen atoms in total. The van der Waals surface area contributed by atoms with Gasteiger partial charge in [-0.05, 0) is 16.7 Å². The monoisotopic (exact) mass is 284 g/mol. The predicted molar refractivity (Wildman–Crippen MR) is 83.7 cm³/mol. The van der Waals surface area contributed by atoms with Gasteiger partial charge in [-0.3, -0.25) is 4.79 Å². The van der Waals surface area contributed by atoms with Crippen LogP contribution in [0.4, 0.5) is 0 Å². The second-order valence-corrected chi connectivity index (χ2v) is 5.61. The number of carboxylic acid groups (broad SMARTS) is 1. The minimum absolute atomic E-state index is 0.124. The highest BCUT2D eigenvalue weighted by atomic mass is 16.4. The largest absolute Gasteiger partial charge is 0.481 e. The average molecular weight is 284 g/mol. The van der Waals surface area contributed by atoms with Gasteiger partial charge in [-0.1, -0.05) is 61.5 Å². The van der Waals surface area contributed by atoms with Crippen LogP contribution < -0.4 is 5.73 Å². The van der Waals surface area contributed by atoms with Crippen LogP contribution in [0, 0.1) is 5.92 Å². The van der Waals surface area contributed by atoms with Crippen molar-refractivity contribution in [2.45, 2.75) is 25.8 Å². The van der Waals surface area contributed by atoms with Gasteiger partial charge < -0.3 is 10.8 Å². The number of benzene rings is 2. The van der Waals surface area contributed by atoms with Gasteiger partial charge in [0.25, 0.3) is 0 Å². The number of hydrogen-bond acceptors (Lipinski definition) is 1. The summed E-state index contributed by atoms with van der Waals surface area (Å²) < 4.78 is 0. The molecule has 4 N–H and O–H groups in total. The van der Waals surface area contributed by atoms with Crippen LogP contribution in [0.5, 0.6) is 0 Å². The number of aliphatic carboxylic acids is 1. The molecule has 110 valence electrons. The quantitative estimate of drug-likeness (QED) is 0.856. The zero-order chi connectivity index (χ0) is 15.2. The normalized spacial score (nSPS) is 13.6. The van der Waals surface area contributed by atoms with Crippen LogP contribution in [-0.2, 0) is 11.2 Å². The van der Waals surface area contributed by atoms with E-state index in [4.69, 9.17) is 5.11 Å².